The van der Waals surface area contributed by atoms with E-state index in [1.54, 1.807) is 0 Å². The van der Waals surface area contributed by atoms with Gasteiger partial charge < -0.3 is 5.32 Å². The topological polar surface area (TPSA) is 15.3 Å². The molecule has 2 heteroatoms. The van der Waals surface area contributed by atoms with E-state index < -0.39 is 0 Å². The van der Waals surface area contributed by atoms with Crippen LogP contribution < -0.4 is 5.32 Å². The Morgan fingerprint density at radius 3 is 2.39 bits per heavy atom. The Hall–Kier alpha value is -0.0800. The summed E-state index contributed by atoms with van der Waals surface area (Å²) >= 11 is 0. The zero-order valence-electron chi connectivity index (χ0n) is 12.8. The minimum absolute atomic E-state index is 0.439. The third kappa shape index (κ3) is 2.91. The van der Waals surface area contributed by atoms with Crippen LogP contribution >= 0.6 is 0 Å². The summed E-state index contributed by atoms with van der Waals surface area (Å²) in [6, 6.07) is 0.714. The largest absolute Gasteiger partial charge is 0.311 e. The number of hydrogen-bond donors (Lipinski definition) is 1. The van der Waals surface area contributed by atoms with Crippen LogP contribution in [0.1, 0.15) is 59.8 Å². The van der Waals surface area contributed by atoms with Crippen molar-refractivity contribution in [3.05, 3.63) is 0 Å². The molecule has 2 fully saturated rings. The van der Waals surface area contributed by atoms with Crippen molar-refractivity contribution in [1.29, 1.82) is 0 Å². The fourth-order valence-corrected chi connectivity index (χ4v) is 3.52. The Kier molecular flexibility index (Phi) is 4.71. The van der Waals surface area contributed by atoms with E-state index in [9.17, 15) is 0 Å². The number of nitrogens with one attached hydrogen (secondary N) is 1. The molecule has 1 aliphatic carbocycles. The van der Waals surface area contributed by atoms with Crippen molar-refractivity contribution >= 4 is 0 Å². The third-order valence-electron chi connectivity index (χ3n) is 5.49. The lowest BCUT2D eigenvalue weighted by Gasteiger charge is -2.49. The molecule has 0 aromatic carbocycles. The van der Waals surface area contributed by atoms with Crippen molar-refractivity contribution in [1.82, 2.24) is 10.2 Å². The second-order valence-corrected chi connectivity index (χ2v) is 6.71. The lowest BCUT2D eigenvalue weighted by molar-refractivity contribution is 0.0200. The highest BCUT2D eigenvalue weighted by molar-refractivity contribution is 5.05. The summed E-state index contributed by atoms with van der Waals surface area (Å²) in [5.41, 5.74) is 0.439. The Labute approximate surface area is 114 Å². The van der Waals surface area contributed by atoms with Crippen molar-refractivity contribution in [2.75, 3.05) is 19.6 Å². The number of piperazine rings is 1. The Morgan fingerprint density at radius 2 is 1.89 bits per heavy atom. The van der Waals surface area contributed by atoms with Crippen LogP contribution in [0.3, 0.4) is 0 Å². The number of hydrogen-bond acceptors (Lipinski definition) is 2. The van der Waals surface area contributed by atoms with E-state index in [1.807, 2.05) is 0 Å². The maximum Gasteiger partial charge on any atom is 0.0334 e. The highest BCUT2D eigenvalue weighted by Crippen LogP contribution is 2.44. The molecule has 106 valence electrons. The smallest absolute Gasteiger partial charge is 0.0334 e. The summed E-state index contributed by atoms with van der Waals surface area (Å²) in [7, 11) is 0. The van der Waals surface area contributed by atoms with Crippen LogP contribution in [0.2, 0.25) is 0 Å². The molecule has 1 saturated heterocycles. The monoisotopic (exact) mass is 252 g/mol. The van der Waals surface area contributed by atoms with Gasteiger partial charge in [0, 0.05) is 31.2 Å². The van der Waals surface area contributed by atoms with Crippen LogP contribution in [-0.4, -0.2) is 36.1 Å². The van der Waals surface area contributed by atoms with Crippen LogP contribution in [0, 0.1) is 11.8 Å². The van der Waals surface area contributed by atoms with Gasteiger partial charge in [0.15, 0.2) is 0 Å². The molecule has 18 heavy (non-hydrogen) atoms. The van der Waals surface area contributed by atoms with E-state index in [4.69, 9.17) is 0 Å². The summed E-state index contributed by atoms with van der Waals surface area (Å²) < 4.78 is 0. The Morgan fingerprint density at radius 1 is 1.22 bits per heavy atom. The SMILES string of the molecule is CCC(CC)CN1CC(CC)NCC1(C)C1CC1. The lowest BCUT2D eigenvalue weighted by Crippen LogP contribution is -2.65. The minimum atomic E-state index is 0.439. The molecule has 2 rings (SSSR count). The highest BCUT2D eigenvalue weighted by Gasteiger charge is 2.48. The first-order valence-corrected chi connectivity index (χ1v) is 8.12. The maximum absolute atomic E-state index is 3.78. The van der Waals surface area contributed by atoms with Gasteiger partial charge in [0.2, 0.25) is 0 Å². The van der Waals surface area contributed by atoms with Crippen LogP contribution in [-0.2, 0) is 0 Å². The molecule has 0 aromatic rings. The number of rotatable bonds is 6. The third-order valence-corrected chi connectivity index (χ3v) is 5.49. The van der Waals surface area contributed by atoms with Crippen molar-refractivity contribution < 1.29 is 0 Å². The summed E-state index contributed by atoms with van der Waals surface area (Å²) in [6.45, 7) is 13.3. The zero-order valence-corrected chi connectivity index (χ0v) is 12.8. The fourth-order valence-electron chi connectivity index (χ4n) is 3.52. The zero-order chi connectivity index (χ0) is 13.2. The predicted octanol–water partition coefficient (Wildman–Crippen LogP) is 3.28. The molecular weight excluding hydrogens is 220 g/mol. The van der Waals surface area contributed by atoms with E-state index in [-0.39, 0.29) is 0 Å². The van der Waals surface area contributed by atoms with Crippen molar-refractivity contribution in [2.24, 2.45) is 11.8 Å². The molecule has 2 aliphatic rings. The molecule has 0 bridgehead atoms. The van der Waals surface area contributed by atoms with Gasteiger partial charge in [-0.15, -0.1) is 0 Å². The van der Waals surface area contributed by atoms with Gasteiger partial charge in [0.1, 0.15) is 0 Å². The van der Waals surface area contributed by atoms with Crippen molar-refractivity contribution in [2.45, 2.75) is 71.4 Å². The summed E-state index contributed by atoms with van der Waals surface area (Å²) in [6.07, 6.45) is 6.83. The van der Waals surface area contributed by atoms with Gasteiger partial charge in [0.25, 0.3) is 0 Å². The molecule has 0 spiro atoms. The van der Waals surface area contributed by atoms with Crippen molar-refractivity contribution in [3.8, 4) is 0 Å². The second-order valence-electron chi connectivity index (χ2n) is 6.71. The van der Waals surface area contributed by atoms with E-state index in [0.717, 1.165) is 11.8 Å². The van der Waals surface area contributed by atoms with Gasteiger partial charge >= 0.3 is 0 Å². The van der Waals surface area contributed by atoms with Gasteiger partial charge in [-0.2, -0.15) is 0 Å². The van der Waals surface area contributed by atoms with E-state index >= 15 is 0 Å². The molecule has 1 aliphatic heterocycles. The second kappa shape index (κ2) is 5.92. The lowest BCUT2D eigenvalue weighted by atomic mass is 9.87. The van der Waals surface area contributed by atoms with Gasteiger partial charge in [-0.3, -0.25) is 4.90 Å². The van der Waals surface area contributed by atoms with Gasteiger partial charge in [-0.05, 0) is 38.0 Å². The van der Waals surface area contributed by atoms with Crippen LogP contribution in [0.25, 0.3) is 0 Å². The van der Waals surface area contributed by atoms with Crippen LogP contribution in [0.4, 0.5) is 0 Å². The molecule has 1 saturated carbocycles. The molecule has 2 unspecified atom stereocenters. The minimum Gasteiger partial charge on any atom is -0.311 e. The van der Waals surface area contributed by atoms with Gasteiger partial charge in [-0.25, -0.2) is 0 Å². The summed E-state index contributed by atoms with van der Waals surface area (Å²) in [4.78, 5) is 2.84. The standard InChI is InChI=1S/C16H32N2/c1-5-13(6-2)10-18-11-15(7-3)17-12-16(18,4)14-8-9-14/h13-15,17H,5-12H2,1-4H3. The van der Waals surface area contributed by atoms with Crippen LogP contribution in [0.15, 0.2) is 0 Å². The van der Waals surface area contributed by atoms with E-state index in [2.05, 4.69) is 37.9 Å². The van der Waals surface area contributed by atoms with E-state index in [0.29, 0.717) is 11.6 Å². The van der Waals surface area contributed by atoms with Crippen LogP contribution in [0.5, 0.6) is 0 Å². The molecule has 0 aromatic heterocycles. The number of nitrogens with zero attached hydrogens (tertiary/aromatic N) is 1. The van der Waals surface area contributed by atoms with E-state index in [1.165, 1.54) is 51.7 Å². The normalized spacial score (nSPS) is 34.2. The average molecular weight is 252 g/mol. The first kappa shape index (κ1) is 14.3. The first-order valence-electron chi connectivity index (χ1n) is 8.12. The predicted molar refractivity (Wildman–Crippen MR) is 78.9 cm³/mol. The molecule has 1 N–H and O–H groups in total. The molecule has 1 heterocycles. The Balaban J connectivity index is 2.03. The van der Waals surface area contributed by atoms with Gasteiger partial charge in [0.05, 0.1) is 0 Å². The molecule has 2 nitrogen and oxygen atoms in total. The first-order chi connectivity index (χ1) is 8.63. The molecule has 0 amide bonds. The molecular formula is C16H32N2. The molecule has 2 atom stereocenters. The van der Waals surface area contributed by atoms with Gasteiger partial charge in [-0.1, -0.05) is 33.6 Å². The van der Waals surface area contributed by atoms with Crippen molar-refractivity contribution in [3.63, 3.8) is 0 Å². The summed E-state index contributed by atoms with van der Waals surface area (Å²) in [5.74, 6) is 1.84. The summed E-state index contributed by atoms with van der Waals surface area (Å²) in [5, 5.41) is 3.78. The average Bonchev–Trinajstić information content (AvgIpc) is 3.22. The quantitative estimate of drug-likeness (QED) is 0.780. The highest BCUT2D eigenvalue weighted by atomic mass is 15.3. The molecule has 0 radical (unpaired) electrons. The Bertz CT molecular complexity index is 258. The maximum atomic E-state index is 3.78. The fraction of sp³-hybridized carbons (Fsp3) is 1.00.